The van der Waals surface area contributed by atoms with Crippen molar-refractivity contribution >= 4 is 17.7 Å². The molecule has 0 saturated carbocycles. The fraction of sp³-hybridized carbons (Fsp3) is 0.286. The van der Waals surface area contributed by atoms with Crippen LogP contribution in [0, 0.1) is 11.6 Å². The van der Waals surface area contributed by atoms with E-state index in [-0.39, 0.29) is 18.4 Å². The molecule has 8 heteroatoms. The summed E-state index contributed by atoms with van der Waals surface area (Å²) in [4.78, 5) is 20.7. The second kappa shape index (κ2) is 9.17. The van der Waals surface area contributed by atoms with Gasteiger partial charge in [0.25, 0.3) is 0 Å². The number of hydrogen-bond acceptors (Lipinski definition) is 4. The highest BCUT2D eigenvalue weighted by Gasteiger charge is 2.21. The fourth-order valence-corrected chi connectivity index (χ4v) is 4.09. The van der Waals surface area contributed by atoms with E-state index in [1.54, 1.807) is 12.4 Å². The van der Waals surface area contributed by atoms with Crippen molar-refractivity contribution in [3.63, 3.8) is 0 Å². The maximum Gasteiger partial charge on any atom is 0.217 e. The van der Waals surface area contributed by atoms with Crippen LogP contribution in [0.3, 0.4) is 0 Å². The Kier molecular flexibility index (Phi) is 6.64. The molecule has 1 aromatic carbocycles. The molecule has 2 aromatic heterocycles. The van der Waals surface area contributed by atoms with Crippen LogP contribution in [0.1, 0.15) is 43.8 Å². The summed E-state index contributed by atoms with van der Waals surface area (Å²) < 4.78 is 29.4. The normalized spacial score (nSPS) is 11.1. The van der Waals surface area contributed by atoms with E-state index >= 15 is 0 Å². The maximum absolute atomic E-state index is 13.7. The van der Waals surface area contributed by atoms with Gasteiger partial charge in [-0.15, -0.1) is 0 Å². The zero-order valence-electron chi connectivity index (χ0n) is 16.4. The third-order valence-corrected chi connectivity index (χ3v) is 5.30. The van der Waals surface area contributed by atoms with Crippen molar-refractivity contribution in [1.29, 1.82) is 0 Å². The second-order valence-electron chi connectivity index (χ2n) is 6.93. The predicted molar refractivity (Wildman–Crippen MR) is 108 cm³/mol. The molecule has 0 saturated heterocycles. The number of imidazole rings is 1. The monoisotopic (exact) mass is 416 g/mol. The number of aromatic nitrogens is 3. The topological polar surface area (TPSA) is 59.8 Å². The van der Waals surface area contributed by atoms with E-state index in [9.17, 15) is 13.6 Å². The van der Waals surface area contributed by atoms with Crippen LogP contribution in [-0.4, -0.2) is 20.4 Å². The second-order valence-corrected chi connectivity index (χ2v) is 7.99. The number of carbonyl (C=O) groups excluding carboxylic acids is 1. The Labute approximate surface area is 172 Å². The molecule has 1 amide bonds. The van der Waals surface area contributed by atoms with Crippen molar-refractivity contribution in [3.05, 3.63) is 71.4 Å². The summed E-state index contributed by atoms with van der Waals surface area (Å²) in [6, 6.07) is 7.25. The Morgan fingerprint density at radius 3 is 2.41 bits per heavy atom. The molecule has 0 radical (unpaired) electrons. The molecule has 3 rings (SSSR count). The Bertz CT molecular complexity index is 985. The first-order valence-corrected chi connectivity index (χ1v) is 10.0. The first-order chi connectivity index (χ1) is 13.8. The third kappa shape index (κ3) is 5.41. The molecule has 2 heterocycles. The number of rotatable bonds is 7. The molecular formula is C21H22F2N4OS. The van der Waals surface area contributed by atoms with E-state index in [0.717, 1.165) is 22.3 Å². The van der Waals surface area contributed by atoms with E-state index in [0.29, 0.717) is 17.3 Å². The van der Waals surface area contributed by atoms with Gasteiger partial charge in [-0.3, -0.25) is 9.78 Å². The molecule has 0 unspecified atom stereocenters. The van der Waals surface area contributed by atoms with Crippen molar-refractivity contribution in [2.45, 2.75) is 49.7 Å². The van der Waals surface area contributed by atoms with E-state index in [1.165, 1.54) is 30.8 Å². The van der Waals surface area contributed by atoms with Crippen LogP contribution in [-0.2, 0) is 17.9 Å². The molecule has 0 atom stereocenters. The molecule has 1 N–H and O–H groups in total. The van der Waals surface area contributed by atoms with Gasteiger partial charge in [0.1, 0.15) is 22.5 Å². The van der Waals surface area contributed by atoms with Gasteiger partial charge in [0.2, 0.25) is 5.91 Å². The minimum absolute atomic E-state index is 0.0886. The number of hydrogen-bond donors (Lipinski definition) is 1. The molecule has 0 spiro atoms. The lowest BCUT2D eigenvalue weighted by atomic mass is 10.1. The first kappa shape index (κ1) is 21.0. The van der Waals surface area contributed by atoms with Gasteiger partial charge in [-0.1, -0.05) is 25.6 Å². The number of halogens is 2. The van der Waals surface area contributed by atoms with Crippen molar-refractivity contribution in [2.75, 3.05) is 0 Å². The summed E-state index contributed by atoms with van der Waals surface area (Å²) in [6.45, 7) is 6.23. The molecule has 0 aliphatic carbocycles. The molecular weight excluding hydrogens is 394 g/mol. The molecule has 3 aromatic rings. The van der Waals surface area contributed by atoms with Crippen LogP contribution < -0.4 is 5.32 Å². The quantitative estimate of drug-likeness (QED) is 0.615. The first-order valence-electron chi connectivity index (χ1n) is 9.20. The lowest BCUT2D eigenvalue weighted by molar-refractivity contribution is -0.119. The van der Waals surface area contributed by atoms with Gasteiger partial charge in [0.15, 0.2) is 0 Å². The third-order valence-electron chi connectivity index (χ3n) is 4.21. The highest BCUT2D eigenvalue weighted by molar-refractivity contribution is 7.99. The van der Waals surface area contributed by atoms with Crippen molar-refractivity contribution in [2.24, 2.45) is 0 Å². The van der Waals surface area contributed by atoms with Gasteiger partial charge in [-0.2, -0.15) is 0 Å². The minimum Gasteiger partial charge on any atom is -0.349 e. The summed E-state index contributed by atoms with van der Waals surface area (Å²) in [5.41, 5.74) is 1.82. The van der Waals surface area contributed by atoms with Crippen LogP contribution in [0.25, 0.3) is 0 Å². The van der Waals surface area contributed by atoms with Crippen molar-refractivity contribution in [3.8, 4) is 0 Å². The SMILES string of the molecule is CC(=O)NCc1nc(C(C)C)c(Sc2cc(F)cc(F)c2)n1Cc1ccncc1. The Balaban J connectivity index is 2.08. The molecule has 29 heavy (non-hydrogen) atoms. The number of nitrogens with one attached hydrogen (secondary N) is 1. The van der Waals surface area contributed by atoms with Crippen LogP contribution in [0.2, 0.25) is 0 Å². The number of nitrogens with zero attached hydrogens (tertiary/aromatic N) is 3. The number of benzene rings is 1. The Morgan fingerprint density at radius 2 is 1.83 bits per heavy atom. The molecule has 0 bridgehead atoms. The van der Waals surface area contributed by atoms with E-state index < -0.39 is 11.6 Å². The summed E-state index contributed by atoms with van der Waals surface area (Å²) >= 11 is 1.26. The van der Waals surface area contributed by atoms with Gasteiger partial charge in [0.05, 0.1) is 12.2 Å². The van der Waals surface area contributed by atoms with Crippen LogP contribution in [0.5, 0.6) is 0 Å². The van der Waals surface area contributed by atoms with E-state index in [1.807, 2.05) is 30.5 Å². The smallest absolute Gasteiger partial charge is 0.217 e. The molecule has 0 aliphatic heterocycles. The van der Waals surface area contributed by atoms with Gasteiger partial charge in [-0.25, -0.2) is 13.8 Å². The van der Waals surface area contributed by atoms with Gasteiger partial charge < -0.3 is 9.88 Å². The zero-order chi connectivity index (χ0) is 21.0. The van der Waals surface area contributed by atoms with Gasteiger partial charge in [0, 0.05) is 36.8 Å². The summed E-state index contributed by atoms with van der Waals surface area (Å²) in [6.07, 6.45) is 3.41. The highest BCUT2D eigenvalue weighted by atomic mass is 32.2. The standard InChI is InChI=1S/C21H22F2N4OS/c1-13(2)20-21(29-18-9-16(22)8-17(23)10-18)27(12-15-4-6-24-7-5-15)19(26-20)11-25-14(3)28/h4-10,13H,11-12H2,1-3H3,(H,25,28). The number of amides is 1. The van der Waals surface area contributed by atoms with Crippen LogP contribution >= 0.6 is 11.8 Å². The fourth-order valence-electron chi connectivity index (χ4n) is 2.86. The van der Waals surface area contributed by atoms with Gasteiger partial charge in [-0.05, 0) is 35.7 Å². The van der Waals surface area contributed by atoms with Crippen LogP contribution in [0.15, 0.2) is 52.6 Å². The lowest BCUT2D eigenvalue weighted by Crippen LogP contribution is -2.22. The van der Waals surface area contributed by atoms with E-state index in [4.69, 9.17) is 4.98 Å². The highest BCUT2D eigenvalue weighted by Crippen LogP contribution is 2.36. The predicted octanol–water partition coefficient (Wildman–Crippen LogP) is 4.52. The number of pyridine rings is 1. The molecule has 5 nitrogen and oxygen atoms in total. The summed E-state index contributed by atoms with van der Waals surface area (Å²) in [7, 11) is 0. The maximum atomic E-state index is 13.7. The molecule has 0 fully saturated rings. The Morgan fingerprint density at radius 1 is 1.17 bits per heavy atom. The molecule has 0 aliphatic rings. The minimum atomic E-state index is -0.628. The van der Waals surface area contributed by atoms with Gasteiger partial charge >= 0.3 is 0 Å². The van der Waals surface area contributed by atoms with Crippen molar-refractivity contribution in [1.82, 2.24) is 19.9 Å². The summed E-state index contributed by atoms with van der Waals surface area (Å²) in [5.74, 6) is -0.642. The molecule has 152 valence electrons. The van der Waals surface area contributed by atoms with Crippen LogP contribution in [0.4, 0.5) is 8.78 Å². The average Bonchev–Trinajstić information content (AvgIpc) is 2.97. The average molecular weight is 416 g/mol. The lowest BCUT2D eigenvalue weighted by Gasteiger charge is -2.14. The Hall–Kier alpha value is -2.74. The van der Waals surface area contributed by atoms with Crippen molar-refractivity contribution < 1.29 is 13.6 Å². The largest absolute Gasteiger partial charge is 0.349 e. The van der Waals surface area contributed by atoms with E-state index in [2.05, 4.69) is 10.3 Å². The summed E-state index contributed by atoms with van der Waals surface area (Å²) in [5, 5.41) is 3.58. The zero-order valence-corrected chi connectivity index (χ0v) is 17.3. The number of carbonyl (C=O) groups is 1.